The summed E-state index contributed by atoms with van der Waals surface area (Å²) < 4.78 is 4.87. The molecule has 8 heteroatoms. The van der Waals surface area contributed by atoms with E-state index in [9.17, 15) is 9.59 Å². The Hall–Kier alpha value is -2.09. The first kappa shape index (κ1) is 17.0. The van der Waals surface area contributed by atoms with Crippen LogP contribution in [0.3, 0.4) is 0 Å². The molecule has 0 saturated carbocycles. The fraction of sp³-hybridized carbons (Fsp3) is 0.615. The van der Waals surface area contributed by atoms with Gasteiger partial charge in [-0.2, -0.15) is 0 Å². The number of carbonyl (C=O) groups is 2. The van der Waals surface area contributed by atoms with E-state index in [-0.39, 0.29) is 6.04 Å². The van der Waals surface area contributed by atoms with Crippen molar-refractivity contribution in [2.75, 3.05) is 13.7 Å². The van der Waals surface area contributed by atoms with E-state index in [1.54, 1.807) is 19.5 Å². The van der Waals surface area contributed by atoms with Crippen LogP contribution in [0.2, 0.25) is 0 Å². The van der Waals surface area contributed by atoms with E-state index in [0.717, 1.165) is 0 Å². The van der Waals surface area contributed by atoms with Gasteiger partial charge in [-0.05, 0) is 19.3 Å². The highest BCUT2D eigenvalue weighted by Crippen LogP contribution is 2.11. The maximum absolute atomic E-state index is 11.9. The van der Waals surface area contributed by atoms with Crippen LogP contribution < -0.4 is 10.6 Å². The Balaban J connectivity index is 2.50. The fourth-order valence-electron chi connectivity index (χ4n) is 1.88. The topological polar surface area (TPSA) is 116 Å². The molecule has 2 unspecified atom stereocenters. The van der Waals surface area contributed by atoms with Gasteiger partial charge in [0.1, 0.15) is 11.9 Å². The van der Waals surface area contributed by atoms with Crippen molar-refractivity contribution >= 4 is 12.0 Å². The lowest BCUT2D eigenvalue weighted by Gasteiger charge is -2.18. The first-order valence-electron chi connectivity index (χ1n) is 6.86. The smallest absolute Gasteiger partial charge is 0.326 e. The van der Waals surface area contributed by atoms with Crippen LogP contribution in [0.1, 0.15) is 38.1 Å². The average Bonchev–Trinajstić information content (AvgIpc) is 2.97. The molecule has 0 spiro atoms. The second-order valence-corrected chi connectivity index (χ2v) is 4.58. The first-order chi connectivity index (χ1) is 10.1. The van der Waals surface area contributed by atoms with Crippen molar-refractivity contribution in [1.29, 1.82) is 0 Å². The summed E-state index contributed by atoms with van der Waals surface area (Å²) in [7, 11) is 1.55. The number of urea groups is 1. The Morgan fingerprint density at radius 1 is 1.48 bits per heavy atom. The van der Waals surface area contributed by atoms with Crippen LogP contribution in [-0.2, 0) is 9.53 Å². The molecule has 0 bridgehead atoms. The van der Waals surface area contributed by atoms with Gasteiger partial charge in [0.15, 0.2) is 0 Å². The molecule has 1 heterocycles. The molecule has 4 N–H and O–H groups in total. The molecule has 0 saturated heterocycles. The Labute approximate surface area is 123 Å². The van der Waals surface area contributed by atoms with Gasteiger partial charge in [-0.1, -0.05) is 6.92 Å². The van der Waals surface area contributed by atoms with Crippen molar-refractivity contribution in [2.24, 2.45) is 0 Å². The summed E-state index contributed by atoms with van der Waals surface area (Å²) in [6.45, 7) is 2.36. The summed E-state index contributed by atoms with van der Waals surface area (Å²) in [6.07, 6.45) is 4.78. The second kappa shape index (κ2) is 8.96. The van der Waals surface area contributed by atoms with E-state index >= 15 is 0 Å². The minimum absolute atomic E-state index is 0.284. The molecule has 0 aliphatic rings. The van der Waals surface area contributed by atoms with Crippen molar-refractivity contribution in [3.63, 3.8) is 0 Å². The Kier molecular flexibility index (Phi) is 7.24. The monoisotopic (exact) mass is 298 g/mol. The number of hydrogen-bond acceptors (Lipinski definition) is 4. The molecule has 1 aromatic rings. The van der Waals surface area contributed by atoms with Crippen LogP contribution in [-0.4, -0.2) is 46.8 Å². The Morgan fingerprint density at radius 3 is 2.76 bits per heavy atom. The van der Waals surface area contributed by atoms with Crippen LogP contribution in [0.25, 0.3) is 0 Å². The SMILES string of the molecule is CCC(NC(=O)NC(CCCOC)C(=O)O)c1ncc[nH]1. The highest BCUT2D eigenvalue weighted by molar-refractivity contribution is 5.82. The van der Waals surface area contributed by atoms with Gasteiger partial charge in [0.25, 0.3) is 0 Å². The number of ether oxygens (including phenoxy) is 1. The molecule has 2 atom stereocenters. The van der Waals surface area contributed by atoms with Gasteiger partial charge < -0.3 is 25.5 Å². The molecule has 1 aromatic heterocycles. The zero-order valence-electron chi connectivity index (χ0n) is 12.3. The minimum Gasteiger partial charge on any atom is -0.480 e. The van der Waals surface area contributed by atoms with Gasteiger partial charge in [0.2, 0.25) is 0 Å². The lowest BCUT2D eigenvalue weighted by molar-refractivity contribution is -0.139. The van der Waals surface area contributed by atoms with E-state index < -0.39 is 18.0 Å². The number of aromatic nitrogens is 2. The summed E-state index contributed by atoms with van der Waals surface area (Å²) in [5.41, 5.74) is 0. The normalized spacial score (nSPS) is 13.4. The molecule has 1 rings (SSSR count). The predicted octanol–water partition coefficient (Wildman–Crippen LogP) is 1.04. The number of methoxy groups -OCH3 is 1. The van der Waals surface area contributed by atoms with Gasteiger partial charge in [0, 0.05) is 26.1 Å². The highest BCUT2D eigenvalue weighted by atomic mass is 16.5. The van der Waals surface area contributed by atoms with Crippen LogP contribution >= 0.6 is 0 Å². The third-order valence-electron chi connectivity index (χ3n) is 3.01. The predicted molar refractivity (Wildman–Crippen MR) is 75.8 cm³/mol. The number of amides is 2. The van der Waals surface area contributed by atoms with Gasteiger partial charge >= 0.3 is 12.0 Å². The lowest BCUT2D eigenvalue weighted by Crippen LogP contribution is -2.47. The fourth-order valence-corrected chi connectivity index (χ4v) is 1.88. The number of H-pyrrole nitrogens is 1. The van der Waals surface area contributed by atoms with Gasteiger partial charge in [-0.15, -0.1) is 0 Å². The first-order valence-corrected chi connectivity index (χ1v) is 6.86. The molecule has 0 fully saturated rings. The summed E-state index contributed by atoms with van der Waals surface area (Å²) in [5, 5.41) is 14.3. The number of aliphatic carboxylic acids is 1. The van der Waals surface area contributed by atoms with Crippen molar-refractivity contribution in [3.8, 4) is 0 Å². The summed E-state index contributed by atoms with van der Waals surface area (Å²) >= 11 is 0. The number of carbonyl (C=O) groups excluding carboxylic acids is 1. The molecule has 0 aliphatic heterocycles. The van der Waals surface area contributed by atoms with Crippen molar-refractivity contribution < 1.29 is 19.4 Å². The number of rotatable bonds is 9. The number of carboxylic acid groups (broad SMARTS) is 1. The van der Waals surface area contributed by atoms with E-state index in [1.165, 1.54) is 0 Å². The zero-order valence-corrected chi connectivity index (χ0v) is 12.3. The average molecular weight is 298 g/mol. The lowest BCUT2D eigenvalue weighted by atomic mass is 10.1. The van der Waals surface area contributed by atoms with Gasteiger partial charge in [0.05, 0.1) is 6.04 Å². The summed E-state index contributed by atoms with van der Waals surface area (Å²) in [5.74, 6) is -0.425. The molecule has 2 amide bonds. The van der Waals surface area contributed by atoms with Crippen LogP contribution in [0.4, 0.5) is 4.79 Å². The van der Waals surface area contributed by atoms with E-state index in [2.05, 4.69) is 20.6 Å². The number of hydrogen-bond donors (Lipinski definition) is 4. The summed E-state index contributed by atoms with van der Waals surface area (Å²) in [6, 6.07) is -1.74. The molecule has 21 heavy (non-hydrogen) atoms. The number of nitrogens with zero attached hydrogens (tertiary/aromatic N) is 1. The molecule has 0 aliphatic carbocycles. The third kappa shape index (κ3) is 5.82. The van der Waals surface area contributed by atoms with Crippen LogP contribution in [0, 0.1) is 0 Å². The van der Waals surface area contributed by atoms with Crippen molar-refractivity contribution in [3.05, 3.63) is 18.2 Å². The minimum atomic E-state index is -1.06. The number of aromatic amines is 1. The van der Waals surface area contributed by atoms with Crippen LogP contribution in [0.5, 0.6) is 0 Å². The number of imidazole rings is 1. The molecular weight excluding hydrogens is 276 g/mol. The standard InChI is InChI=1S/C13H22N4O4/c1-3-9(11-14-6-7-15-11)16-13(20)17-10(12(18)19)5-4-8-21-2/h6-7,9-10H,3-5,8H2,1-2H3,(H,14,15)(H,18,19)(H2,16,17,20). The number of nitrogens with one attached hydrogen (secondary N) is 3. The Bertz CT molecular complexity index is 435. The Morgan fingerprint density at radius 2 is 2.24 bits per heavy atom. The summed E-state index contributed by atoms with van der Waals surface area (Å²) in [4.78, 5) is 30.0. The van der Waals surface area contributed by atoms with E-state index in [4.69, 9.17) is 9.84 Å². The van der Waals surface area contributed by atoms with Crippen molar-refractivity contribution in [2.45, 2.75) is 38.3 Å². The molecular formula is C13H22N4O4. The highest BCUT2D eigenvalue weighted by Gasteiger charge is 2.21. The maximum atomic E-state index is 11.9. The quantitative estimate of drug-likeness (QED) is 0.508. The maximum Gasteiger partial charge on any atom is 0.326 e. The molecule has 0 aromatic carbocycles. The molecule has 118 valence electrons. The van der Waals surface area contributed by atoms with Crippen LogP contribution in [0.15, 0.2) is 12.4 Å². The third-order valence-corrected chi connectivity index (χ3v) is 3.01. The second-order valence-electron chi connectivity index (χ2n) is 4.58. The molecule has 8 nitrogen and oxygen atoms in total. The zero-order chi connectivity index (χ0) is 15.7. The van der Waals surface area contributed by atoms with Gasteiger partial charge in [-0.3, -0.25) is 0 Å². The largest absolute Gasteiger partial charge is 0.480 e. The van der Waals surface area contributed by atoms with E-state index in [1.807, 2.05) is 6.92 Å². The molecule has 0 radical (unpaired) electrons. The number of carboxylic acids is 1. The van der Waals surface area contributed by atoms with Crippen molar-refractivity contribution in [1.82, 2.24) is 20.6 Å². The van der Waals surface area contributed by atoms with Gasteiger partial charge in [-0.25, -0.2) is 14.6 Å². The van der Waals surface area contributed by atoms with E-state index in [0.29, 0.717) is 31.7 Å².